The third-order valence-corrected chi connectivity index (χ3v) is 31.5. The molecule has 0 radical (unpaired) electrons. The molecule has 57 heteroatoms. The maximum absolute atomic E-state index is 13.3. The van der Waals surface area contributed by atoms with Gasteiger partial charge in [-0.25, -0.2) is 10.1 Å². The molecule has 0 spiro atoms. The minimum atomic E-state index is -3.60. The number of nitrogens with two attached hydrogens (primary N) is 1. The molecule has 28 N–H and O–H groups in total. The Labute approximate surface area is 839 Å². The van der Waals surface area contributed by atoms with E-state index in [1.54, 1.807) is 32.2 Å². The Bertz CT molecular complexity index is 4280. The number of carboxylic acids is 2. The van der Waals surface area contributed by atoms with Crippen molar-refractivity contribution in [2.75, 3.05) is 95.8 Å². The van der Waals surface area contributed by atoms with Crippen LogP contribution in [-0.4, -0.2) is 509 Å². The summed E-state index contributed by atoms with van der Waals surface area (Å²) in [7, 11) is -2.25. The summed E-state index contributed by atoms with van der Waals surface area (Å²) in [5, 5.41) is 266. The molecular formula is C87H143N4O49PS3. The third-order valence-electron chi connectivity index (χ3n) is 27.1. The Morgan fingerprint density at radius 3 is 1.28 bits per heavy atom. The zero-order valence-electron chi connectivity index (χ0n) is 80.4. The number of ether oxygens (including phenoxy) is 18. The predicted octanol–water partition coefficient (Wildman–Crippen LogP) is -9.65. The number of carbonyl (C=O) groups is 6. The summed E-state index contributed by atoms with van der Waals surface area (Å²) in [4.78, 5) is 89.2. The van der Waals surface area contributed by atoms with Crippen molar-refractivity contribution in [2.24, 2.45) is 28.9 Å². The van der Waals surface area contributed by atoms with E-state index in [1.165, 1.54) is 25.3 Å². The van der Waals surface area contributed by atoms with Gasteiger partial charge in [-0.1, -0.05) is 34.1 Å². The lowest BCUT2D eigenvalue weighted by atomic mass is 9.73. The van der Waals surface area contributed by atoms with Crippen LogP contribution in [0.2, 0.25) is 0 Å². The summed E-state index contributed by atoms with van der Waals surface area (Å²) in [6, 6.07) is -1.18. The lowest BCUT2D eigenvalue weighted by molar-refractivity contribution is -0.395. The molecule has 0 aliphatic carbocycles. The van der Waals surface area contributed by atoms with Crippen molar-refractivity contribution >= 4 is 83.7 Å². The first-order chi connectivity index (χ1) is 68.0. The van der Waals surface area contributed by atoms with E-state index in [9.17, 15) is 156 Å². The molecule has 16 unspecified atom stereocenters. The van der Waals surface area contributed by atoms with Crippen LogP contribution < -0.4 is 16.1 Å². The molecule has 0 aromatic carbocycles. The molecule has 14 bridgehead atoms. The van der Waals surface area contributed by atoms with E-state index in [4.69, 9.17) is 91.0 Å². The number of hydrogen-bond acceptors (Lipinski definition) is 52. The first-order valence-electron chi connectivity index (χ1n) is 47.4. The number of cyclic esters (lactones) is 1. The largest absolute Gasteiger partial charge is 0.481 e. The number of aromatic nitrogens is 1. The number of likely N-dealkylation sites (N-methyl/N-ethyl adjacent to an activating group) is 1. The molecule has 23 fully saturated rings. The number of aliphatic hydroxyl groups excluding tert-OH is 21. The number of epoxide rings is 1. The Morgan fingerprint density at radius 1 is 0.542 bits per heavy atom. The van der Waals surface area contributed by atoms with Gasteiger partial charge in [-0.2, -0.15) is 23.5 Å². The quantitative estimate of drug-likeness (QED) is 0.0134. The van der Waals surface area contributed by atoms with Gasteiger partial charge in [0.1, 0.15) is 193 Å². The Morgan fingerprint density at radius 2 is 0.917 bits per heavy atom. The predicted molar refractivity (Wildman–Crippen MR) is 489 cm³/mol. The molecule has 24 heterocycles. The molecule has 0 saturated carbocycles. The van der Waals surface area contributed by atoms with Crippen molar-refractivity contribution in [1.82, 2.24) is 15.4 Å². The number of nitrogens with one attached hydrogen (secondary N) is 2. The van der Waals surface area contributed by atoms with Gasteiger partial charge in [-0.3, -0.25) is 33.3 Å². The number of carboxylic acid groups (broad SMARTS) is 2. The van der Waals surface area contributed by atoms with E-state index in [-0.39, 0.29) is 105 Å². The molecule has 23 saturated heterocycles. The Kier molecular flexibility index (Phi) is 46.7. The highest BCUT2D eigenvalue weighted by molar-refractivity contribution is 7.99. The first kappa shape index (κ1) is 122. The van der Waals surface area contributed by atoms with Crippen LogP contribution in [0.1, 0.15) is 111 Å². The van der Waals surface area contributed by atoms with Crippen molar-refractivity contribution in [2.45, 2.75) is 357 Å². The fraction of sp³-hybridized carbons (Fsp3) is 0.874. The first-order valence-corrected chi connectivity index (χ1v) is 52.4. The minimum absolute atomic E-state index is 0.0645. The maximum atomic E-state index is 13.3. The van der Waals surface area contributed by atoms with Crippen molar-refractivity contribution in [3.63, 3.8) is 0 Å². The standard InChI is InChI=1S/C59H97NO41S2.C28H46N3O8PS/c1-19(66)3-5-86-7-8-87-6-4-21(67)9-20(51(82)83)15-102-17-28-49-35(73)42(80)58(93-28)98-47-26(13-64)89-55(38(76)31(47)69)97-46-25(12-63)92-57(41(79)34(46)72)101-50-29(18-103-16-22(60-2)52(84)85)94-59(43(81)36(50)74)99-48-27(14-65)90-54(39(77)32(48)70)95-44-23(10-61)88-53(37(75)30(44)68)96-45-24(11-62)91-56(100-49)40(78)33(45)71;1-16-8-7-9-28(6)22(39-28)11-20(17(2)10-19-14-41-23(31-19)13-30-40(36,37)15-29)38-24(33)12-21(32)27(4,5)26(35)18(3)25(16)34/h20,22-50,53-65,68-81H,3-18H2,1-2H3,(H,82,83)(H,84,85);10,14,16,18,20-22,25,32,34H,7-9,11-13,15,29H2,1-6H3,(H2,30,36,37)/b;17-10+/t20-,22-,23?,24?,25?,26?,27?,28?,29?,30-,31-,32-,33-,34-,35-,36-,37?,38?,39?,40?,41?,42?,43?,44-,45-,46-,47-,48-,49-,50-,53-,54-,55+,56-,57+,58-,59+;16-,18+,20?,21-,22-,25-,28+/m11/s1. The van der Waals surface area contributed by atoms with Crippen molar-refractivity contribution in [3.05, 3.63) is 21.7 Å². The van der Waals surface area contributed by atoms with E-state index in [0.29, 0.717) is 17.1 Å². The summed E-state index contributed by atoms with van der Waals surface area (Å²) in [6.45, 7) is 6.83. The number of hydrogen-bond donors (Lipinski definition) is 27. The number of aliphatic carboxylic acids is 2. The van der Waals surface area contributed by atoms with Gasteiger partial charge in [0.25, 0.3) is 7.52 Å². The Hall–Kier alpha value is -3.96. The van der Waals surface area contributed by atoms with Crippen LogP contribution in [0.25, 0.3) is 6.08 Å². The number of thiazole rings is 1. The van der Waals surface area contributed by atoms with Crippen molar-refractivity contribution < 1.29 is 241 Å². The smallest absolute Gasteiger partial charge is 0.321 e. The van der Waals surface area contributed by atoms with Crippen LogP contribution >= 0.6 is 42.4 Å². The van der Waals surface area contributed by atoms with E-state index >= 15 is 0 Å². The highest BCUT2D eigenvalue weighted by Crippen LogP contribution is 2.47. The number of fused-ring (bicyclic) bond motifs is 1. The topological polar surface area (TPSA) is 837 Å². The highest BCUT2D eigenvalue weighted by atomic mass is 32.2. The lowest BCUT2D eigenvalue weighted by Gasteiger charge is -2.50. The summed E-state index contributed by atoms with van der Waals surface area (Å²) in [6.07, 6.45) is -72.3. The molecule has 0 amide bonds. The van der Waals surface area contributed by atoms with Crippen LogP contribution in [0.4, 0.5) is 0 Å². The van der Waals surface area contributed by atoms with E-state index < -0.39 is 333 Å². The van der Waals surface area contributed by atoms with Gasteiger partial charge in [0.15, 0.2) is 44.0 Å². The van der Waals surface area contributed by atoms with Crippen LogP contribution in [-0.2, 0) is 125 Å². The van der Waals surface area contributed by atoms with Crippen LogP contribution in [0.5, 0.6) is 0 Å². The number of esters is 1. The average Bonchev–Trinajstić information content (AvgIpc) is 1.62. The molecule has 1 aromatic rings. The van der Waals surface area contributed by atoms with E-state index in [2.05, 4.69) is 15.4 Å². The number of carbonyl (C=O) groups excluding carboxylic acids is 4. The average molecular weight is 2160 g/mol. The lowest BCUT2D eigenvalue weighted by Crippen LogP contribution is -2.68. The second kappa shape index (κ2) is 55.2. The molecular weight excluding hydrogens is 2010 g/mol. The van der Waals surface area contributed by atoms with Gasteiger partial charge in [-0.15, -0.1) is 11.3 Å². The van der Waals surface area contributed by atoms with Gasteiger partial charge in [0, 0.05) is 60.0 Å². The van der Waals surface area contributed by atoms with Crippen molar-refractivity contribution in [1.29, 1.82) is 0 Å². The molecule has 53 nitrogen and oxygen atoms in total. The SMILES string of the molecule is C/C(=C\c1csc(CNP(=O)(O)CN)n1)C1C[C@H]2O[C@@]2(C)CCC[C@@H](C)[C@@H](O)[C@H](C)C(=O)C(C)(C)[C@H](O)CC(=O)O1.CN[C@H](CSCC1O[C@H]2O[C@@H]3C(CO)O[C@H](O[C@@H]4C(CO)O[C@H](O[C@@H]5C(CO)O[C@H](O[C@@H]6C(CSC[C@@H](CC(=O)CCOCCOCCC(C)=O)C(=O)O)O[C@H](O[C@@H]7C(CO)O[C@@H](O[C@@H]8C(CO)O[C@@H](O[C@H]1[C@H](O)C2O)C(O)[C@H]8O)C(O)[C@H]7O)C(O)[C@H]6O)C(O)[C@H]5O)C(O)[C@H]4O)C(O)[C@H]3O)C(=O)O. The molecule has 144 heavy (non-hydrogen) atoms. The van der Waals surface area contributed by atoms with Crippen LogP contribution in [0.3, 0.4) is 0 Å². The van der Waals surface area contributed by atoms with Crippen LogP contribution in [0, 0.1) is 23.2 Å². The normalized spacial score (nSPS) is 42.2. The Balaban J connectivity index is 0.000000431. The molecule has 23 aliphatic heterocycles. The zero-order chi connectivity index (χ0) is 106. The van der Waals surface area contributed by atoms with Gasteiger partial charge in [0.2, 0.25) is 0 Å². The van der Waals surface area contributed by atoms with E-state index in [0.717, 1.165) is 48.4 Å². The highest BCUT2D eigenvalue weighted by Gasteiger charge is 2.61. The van der Waals surface area contributed by atoms with Crippen molar-refractivity contribution in [3.8, 4) is 0 Å². The van der Waals surface area contributed by atoms with Gasteiger partial charge in [0.05, 0.1) is 132 Å². The van der Waals surface area contributed by atoms with E-state index in [1.807, 2.05) is 20.8 Å². The third kappa shape index (κ3) is 31.0. The number of nitrogens with zero attached hydrogens (tertiary/aromatic N) is 1. The molecule has 1 aromatic heterocycles. The van der Waals surface area contributed by atoms with Gasteiger partial charge in [-0.05, 0) is 58.2 Å². The maximum Gasteiger partial charge on any atom is 0.321 e. The summed E-state index contributed by atoms with van der Waals surface area (Å²) in [5.74, 6) is -7.84. The van der Waals surface area contributed by atoms with Crippen LogP contribution in [0.15, 0.2) is 11.0 Å². The number of ketones is 3. The number of Topliss-reactive ketones (excluding diaryl/α,β-unsaturated/α-hetero) is 3. The number of thioether (sulfide) groups is 2. The summed E-state index contributed by atoms with van der Waals surface area (Å²) in [5.41, 5.74) is 5.01. The second-order valence-electron chi connectivity index (χ2n) is 38.1. The van der Waals surface area contributed by atoms with Gasteiger partial charge >= 0.3 is 17.9 Å². The molecule has 24 rings (SSSR count). The summed E-state index contributed by atoms with van der Waals surface area (Å²) < 4.78 is 117. The minimum Gasteiger partial charge on any atom is -0.481 e. The number of rotatable bonds is 33. The monoisotopic (exact) mass is 2150 g/mol. The molecule has 45 atom stereocenters. The fourth-order valence-electron chi connectivity index (χ4n) is 18.0. The van der Waals surface area contributed by atoms with Gasteiger partial charge < -0.3 is 219 Å². The molecule has 828 valence electrons. The fourth-order valence-corrected chi connectivity index (χ4v) is 21.7. The molecule has 23 aliphatic rings. The second-order valence-corrected chi connectivity index (χ2v) is 43.3. The zero-order valence-corrected chi connectivity index (χ0v) is 83.7. The summed E-state index contributed by atoms with van der Waals surface area (Å²) >= 11 is 2.98. The number of aliphatic hydroxyl groups is 21.